The second-order valence-corrected chi connectivity index (χ2v) is 8.74. The second kappa shape index (κ2) is 9.09. The summed E-state index contributed by atoms with van der Waals surface area (Å²) in [4.78, 5) is 29.2. The molecular weight excluding hydrogens is 375 g/mol. The summed E-state index contributed by atoms with van der Waals surface area (Å²) in [6.07, 6.45) is 7.05. The summed E-state index contributed by atoms with van der Waals surface area (Å²) in [6.45, 7) is 1.94. The third-order valence-electron chi connectivity index (χ3n) is 6.52. The fraction of sp³-hybridized carbons (Fsp3) is 0.800. The van der Waals surface area contributed by atoms with Crippen molar-refractivity contribution in [1.82, 2.24) is 25.4 Å². The molecule has 3 aliphatic rings. The molecule has 0 spiro atoms. The van der Waals surface area contributed by atoms with Gasteiger partial charge in [0.1, 0.15) is 0 Å². The Morgan fingerprint density at radius 2 is 2.03 bits per heavy atom. The average molecular weight is 407 g/mol. The first-order chi connectivity index (χ1) is 14.1. The van der Waals surface area contributed by atoms with Crippen LogP contribution >= 0.6 is 0 Å². The number of nitrogens with one attached hydrogen (secondary N) is 3. The number of alkyl halides is 1. The molecule has 2 amide bonds. The maximum atomic E-state index is 12.9. The Bertz CT molecular complexity index is 715. The molecule has 4 rings (SSSR count). The van der Waals surface area contributed by atoms with Gasteiger partial charge >= 0.3 is 0 Å². The van der Waals surface area contributed by atoms with Crippen LogP contribution in [0.4, 0.5) is 10.3 Å². The number of aryl methyl sites for hydroxylation is 1. The van der Waals surface area contributed by atoms with E-state index in [1.54, 1.807) is 4.68 Å². The Balaban J connectivity index is 1.20. The third-order valence-corrected chi connectivity index (χ3v) is 6.52. The first-order valence-corrected chi connectivity index (χ1v) is 11.0. The number of rotatable bonds is 6. The smallest absolute Gasteiger partial charge is 0.291 e. The third kappa shape index (κ3) is 4.87. The topological polar surface area (TPSA) is 101 Å². The molecule has 4 atom stereocenters. The van der Waals surface area contributed by atoms with Gasteiger partial charge in [-0.1, -0.05) is 6.42 Å². The predicted octanol–water partition coefficient (Wildman–Crippen LogP) is 1.88. The van der Waals surface area contributed by atoms with Crippen LogP contribution in [0.25, 0.3) is 0 Å². The molecule has 1 aliphatic heterocycles. The molecule has 1 aromatic heterocycles. The van der Waals surface area contributed by atoms with Crippen molar-refractivity contribution < 1.29 is 14.0 Å². The zero-order valence-electron chi connectivity index (χ0n) is 16.8. The van der Waals surface area contributed by atoms with Gasteiger partial charge in [-0.25, -0.2) is 4.68 Å². The fourth-order valence-corrected chi connectivity index (χ4v) is 4.85. The van der Waals surface area contributed by atoms with Crippen molar-refractivity contribution in [2.45, 2.75) is 64.0 Å². The van der Waals surface area contributed by atoms with Crippen LogP contribution in [-0.4, -0.2) is 52.4 Å². The van der Waals surface area contributed by atoms with Gasteiger partial charge in [0.15, 0.2) is 0 Å². The van der Waals surface area contributed by atoms with Gasteiger partial charge in [-0.05, 0) is 56.8 Å². The van der Waals surface area contributed by atoms with Crippen LogP contribution in [0, 0.1) is 17.8 Å². The lowest BCUT2D eigenvalue weighted by Gasteiger charge is -2.27. The molecule has 0 bridgehead atoms. The number of aromatic nitrogens is 3. The van der Waals surface area contributed by atoms with Gasteiger partial charge in [0, 0.05) is 31.6 Å². The predicted molar refractivity (Wildman–Crippen MR) is 106 cm³/mol. The van der Waals surface area contributed by atoms with Crippen LogP contribution < -0.4 is 16.0 Å². The van der Waals surface area contributed by atoms with Crippen molar-refractivity contribution in [1.29, 1.82) is 0 Å². The van der Waals surface area contributed by atoms with E-state index in [0.717, 1.165) is 58.0 Å². The first-order valence-electron chi connectivity index (χ1n) is 11.0. The molecule has 2 aliphatic carbocycles. The van der Waals surface area contributed by atoms with Crippen LogP contribution in [0.1, 0.15) is 62.0 Å². The highest BCUT2D eigenvalue weighted by molar-refractivity contribution is 5.91. The molecule has 2 fully saturated rings. The lowest BCUT2D eigenvalue weighted by atomic mass is 9.81. The SMILES string of the molecule is O=C(N[C@H]1CC[C@@H](CNC(=O)[C@H]2CCC[C@@H](CF)C2)C1)c1nc2n(n1)CCCN2. The molecule has 0 saturated heterocycles. The quantitative estimate of drug-likeness (QED) is 0.670. The maximum absolute atomic E-state index is 12.9. The zero-order chi connectivity index (χ0) is 20.2. The van der Waals surface area contributed by atoms with Crippen molar-refractivity contribution >= 4 is 17.8 Å². The number of carbonyl (C=O) groups excluding carboxylic acids is 2. The maximum Gasteiger partial charge on any atom is 0.291 e. The molecule has 8 nitrogen and oxygen atoms in total. The monoisotopic (exact) mass is 406 g/mol. The van der Waals surface area contributed by atoms with Crippen LogP contribution in [0.2, 0.25) is 0 Å². The zero-order valence-corrected chi connectivity index (χ0v) is 16.8. The number of carbonyl (C=O) groups is 2. The molecule has 0 aromatic carbocycles. The van der Waals surface area contributed by atoms with E-state index in [2.05, 4.69) is 26.0 Å². The summed E-state index contributed by atoms with van der Waals surface area (Å²) in [7, 11) is 0. The van der Waals surface area contributed by atoms with Crippen molar-refractivity contribution in [2.75, 3.05) is 25.1 Å². The highest BCUT2D eigenvalue weighted by Gasteiger charge is 2.30. The Labute approximate surface area is 170 Å². The van der Waals surface area contributed by atoms with E-state index in [0.29, 0.717) is 24.8 Å². The number of halogens is 1. The number of amides is 2. The molecule has 2 heterocycles. The van der Waals surface area contributed by atoms with E-state index >= 15 is 0 Å². The average Bonchev–Trinajstić information content (AvgIpc) is 3.38. The molecule has 0 unspecified atom stereocenters. The van der Waals surface area contributed by atoms with E-state index < -0.39 is 0 Å². The molecule has 9 heteroatoms. The number of fused-ring (bicyclic) bond motifs is 1. The normalized spacial score (nSPS) is 29.0. The summed E-state index contributed by atoms with van der Waals surface area (Å²) >= 11 is 0. The number of anilines is 1. The lowest BCUT2D eigenvalue weighted by Crippen LogP contribution is -2.37. The van der Waals surface area contributed by atoms with Crippen molar-refractivity contribution in [3.05, 3.63) is 5.82 Å². The van der Waals surface area contributed by atoms with Gasteiger partial charge in [0.05, 0.1) is 6.67 Å². The molecule has 0 radical (unpaired) electrons. The van der Waals surface area contributed by atoms with Gasteiger partial charge < -0.3 is 16.0 Å². The Morgan fingerprint density at radius 3 is 2.86 bits per heavy atom. The van der Waals surface area contributed by atoms with Gasteiger partial charge in [0.2, 0.25) is 17.7 Å². The number of hydrogen-bond donors (Lipinski definition) is 3. The van der Waals surface area contributed by atoms with Gasteiger partial charge in [-0.15, -0.1) is 5.10 Å². The minimum atomic E-state index is -0.321. The molecular formula is C20H31FN6O2. The summed E-state index contributed by atoms with van der Waals surface area (Å²) in [5.41, 5.74) is 0. The largest absolute Gasteiger partial charge is 0.356 e. The highest BCUT2D eigenvalue weighted by atomic mass is 19.1. The van der Waals surface area contributed by atoms with E-state index in [1.165, 1.54) is 0 Å². The standard InChI is InChI=1S/C20H31FN6O2/c21-11-13-3-1-4-15(9-13)18(28)23-12-14-5-6-16(10-14)24-19(29)17-25-20-22-7-2-8-27(20)26-17/h13-16H,1-12H2,(H,23,28)(H,24,29)(H,22,25,26)/t13-,14-,15+,16+/m1/s1. The van der Waals surface area contributed by atoms with E-state index in [9.17, 15) is 14.0 Å². The van der Waals surface area contributed by atoms with Gasteiger partial charge in [-0.3, -0.25) is 14.0 Å². The van der Waals surface area contributed by atoms with Crippen LogP contribution in [-0.2, 0) is 11.3 Å². The summed E-state index contributed by atoms with van der Waals surface area (Å²) in [5.74, 6) is 1.06. The minimum absolute atomic E-state index is 0.0445. The summed E-state index contributed by atoms with van der Waals surface area (Å²) in [6, 6.07) is 0.0866. The van der Waals surface area contributed by atoms with Crippen molar-refractivity contribution in [3.63, 3.8) is 0 Å². The first kappa shape index (κ1) is 20.1. The molecule has 160 valence electrons. The van der Waals surface area contributed by atoms with Crippen molar-refractivity contribution in [2.24, 2.45) is 17.8 Å². The number of hydrogen-bond acceptors (Lipinski definition) is 5. The van der Waals surface area contributed by atoms with Gasteiger partial charge in [0.25, 0.3) is 5.91 Å². The Morgan fingerprint density at radius 1 is 1.14 bits per heavy atom. The summed E-state index contributed by atoms with van der Waals surface area (Å²) < 4.78 is 14.6. The van der Waals surface area contributed by atoms with E-state index in [4.69, 9.17) is 0 Å². The van der Waals surface area contributed by atoms with Crippen LogP contribution in [0.5, 0.6) is 0 Å². The van der Waals surface area contributed by atoms with Gasteiger partial charge in [-0.2, -0.15) is 4.98 Å². The fourth-order valence-electron chi connectivity index (χ4n) is 4.85. The summed E-state index contributed by atoms with van der Waals surface area (Å²) in [5, 5.41) is 13.5. The van der Waals surface area contributed by atoms with Crippen LogP contribution in [0.3, 0.4) is 0 Å². The molecule has 3 N–H and O–H groups in total. The molecule has 2 saturated carbocycles. The molecule has 29 heavy (non-hydrogen) atoms. The minimum Gasteiger partial charge on any atom is -0.356 e. The molecule has 1 aromatic rings. The van der Waals surface area contributed by atoms with Crippen LogP contribution in [0.15, 0.2) is 0 Å². The van der Waals surface area contributed by atoms with E-state index in [-0.39, 0.29) is 42.2 Å². The Kier molecular flexibility index (Phi) is 6.30. The van der Waals surface area contributed by atoms with E-state index in [1.807, 2.05) is 0 Å². The lowest BCUT2D eigenvalue weighted by molar-refractivity contribution is -0.126. The Hall–Kier alpha value is -2.19. The van der Waals surface area contributed by atoms with Crippen molar-refractivity contribution in [3.8, 4) is 0 Å². The second-order valence-electron chi connectivity index (χ2n) is 8.74. The number of nitrogens with zero attached hydrogens (tertiary/aromatic N) is 3. The highest BCUT2D eigenvalue weighted by Crippen LogP contribution is 2.30.